The highest BCUT2D eigenvalue weighted by molar-refractivity contribution is 7.13. The largest absolute Gasteiger partial charge is 0.299 e. The highest BCUT2D eigenvalue weighted by atomic mass is 35.5. The molecule has 0 aliphatic rings. The van der Waals surface area contributed by atoms with E-state index < -0.39 is 0 Å². The van der Waals surface area contributed by atoms with Gasteiger partial charge in [0.1, 0.15) is 5.51 Å². The van der Waals surface area contributed by atoms with Gasteiger partial charge >= 0.3 is 0 Å². The minimum atomic E-state index is -0.0859. The number of benzene rings is 1. The average Bonchev–Trinajstić information content (AvgIpc) is 2.94. The lowest BCUT2D eigenvalue weighted by Crippen LogP contribution is -2.37. The molecule has 1 N–H and O–H groups in total. The fourth-order valence-corrected chi connectivity index (χ4v) is 2.47. The van der Waals surface area contributed by atoms with E-state index in [0.29, 0.717) is 11.7 Å². The number of likely N-dealkylation sites (N-methyl/N-ethyl adjacent to an activating group) is 1. The first-order chi connectivity index (χ1) is 10.0. The molecule has 1 atom stereocenters. The number of nitrogens with one attached hydrogen (secondary N) is 1. The number of anilines is 1. The van der Waals surface area contributed by atoms with E-state index in [1.807, 2.05) is 36.2 Å². The number of amides is 1. The maximum Gasteiger partial charge on any atom is 0.240 e. The molecule has 2 rings (SSSR count). The molecule has 0 radical (unpaired) electrons. The Bertz CT molecular complexity index is 573. The Morgan fingerprint density at radius 3 is 2.76 bits per heavy atom. The number of halogens is 1. The van der Waals surface area contributed by atoms with Crippen LogP contribution in [0.1, 0.15) is 12.5 Å². The summed E-state index contributed by atoms with van der Waals surface area (Å²) in [6, 6.07) is 8.02. The average molecular weight is 325 g/mol. The van der Waals surface area contributed by atoms with E-state index in [0.717, 1.165) is 11.4 Å². The molecule has 1 amide bonds. The van der Waals surface area contributed by atoms with E-state index in [1.165, 1.54) is 16.9 Å². The summed E-state index contributed by atoms with van der Waals surface area (Å²) in [4.78, 5) is 13.9. The van der Waals surface area contributed by atoms with E-state index >= 15 is 0 Å². The van der Waals surface area contributed by atoms with Gasteiger partial charge in [0.25, 0.3) is 0 Å². The summed E-state index contributed by atoms with van der Waals surface area (Å²) < 4.78 is 0. The van der Waals surface area contributed by atoms with Gasteiger partial charge in [-0.25, -0.2) is 0 Å². The molecule has 0 saturated heterocycles. The molecule has 0 aliphatic heterocycles. The lowest BCUT2D eigenvalue weighted by atomic mass is 10.1. The molecule has 112 valence electrons. The van der Waals surface area contributed by atoms with Crippen molar-refractivity contribution in [3.63, 3.8) is 0 Å². The van der Waals surface area contributed by atoms with Gasteiger partial charge in [-0.1, -0.05) is 35.1 Å². The Kier molecular flexibility index (Phi) is 5.67. The van der Waals surface area contributed by atoms with Crippen molar-refractivity contribution >= 4 is 34.0 Å². The molecule has 21 heavy (non-hydrogen) atoms. The molecule has 0 bridgehead atoms. The molecule has 7 heteroatoms. The maximum absolute atomic E-state index is 11.9. The topological polar surface area (TPSA) is 58.1 Å². The Morgan fingerprint density at radius 1 is 1.43 bits per heavy atom. The SMILES string of the molecule is CC(Cc1ccc(Cl)cc1)N(C)CC(=O)Nc1nncs1. The van der Waals surface area contributed by atoms with Crippen LogP contribution in [0.25, 0.3) is 0 Å². The summed E-state index contributed by atoms with van der Waals surface area (Å²) in [7, 11) is 1.93. The number of hydrogen-bond acceptors (Lipinski definition) is 5. The van der Waals surface area contributed by atoms with Gasteiger partial charge in [-0.2, -0.15) is 0 Å². The van der Waals surface area contributed by atoms with E-state index in [-0.39, 0.29) is 11.9 Å². The molecule has 2 aromatic rings. The number of nitrogens with zero attached hydrogens (tertiary/aromatic N) is 3. The zero-order valence-corrected chi connectivity index (χ0v) is 13.5. The molecular formula is C14H17ClN4OS. The van der Waals surface area contributed by atoms with Crippen molar-refractivity contribution in [2.45, 2.75) is 19.4 Å². The van der Waals surface area contributed by atoms with Crippen LogP contribution in [0, 0.1) is 0 Å². The maximum atomic E-state index is 11.9. The van der Waals surface area contributed by atoms with Gasteiger partial charge < -0.3 is 0 Å². The van der Waals surface area contributed by atoms with Crippen LogP contribution in [-0.2, 0) is 11.2 Å². The number of rotatable bonds is 6. The Balaban J connectivity index is 1.82. The van der Waals surface area contributed by atoms with Crippen molar-refractivity contribution in [2.75, 3.05) is 18.9 Å². The molecule has 0 fully saturated rings. The number of aromatic nitrogens is 2. The van der Waals surface area contributed by atoms with Gasteiger partial charge in [-0.15, -0.1) is 10.2 Å². The van der Waals surface area contributed by atoms with Crippen LogP contribution in [0.2, 0.25) is 5.02 Å². The fraction of sp³-hybridized carbons (Fsp3) is 0.357. The Hall–Kier alpha value is -1.50. The second-order valence-corrected chi connectivity index (χ2v) is 6.16. The quantitative estimate of drug-likeness (QED) is 0.887. The highest BCUT2D eigenvalue weighted by Gasteiger charge is 2.14. The summed E-state index contributed by atoms with van der Waals surface area (Å²) in [5, 5.41) is 11.5. The third-order valence-corrected chi connectivity index (χ3v) is 4.05. The highest BCUT2D eigenvalue weighted by Crippen LogP contribution is 2.13. The van der Waals surface area contributed by atoms with Crippen LogP contribution in [0.3, 0.4) is 0 Å². The van der Waals surface area contributed by atoms with Gasteiger partial charge in [-0.3, -0.25) is 15.0 Å². The third kappa shape index (κ3) is 5.08. The zero-order valence-electron chi connectivity index (χ0n) is 11.9. The predicted molar refractivity (Wildman–Crippen MR) is 85.8 cm³/mol. The van der Waals surface area contributed by atoms with Gasteiger partial charge in [-0.05, 0) is 38.1 Å². The monoisotopic (exact) mass is 324 g/mol. The molecule has 0 saturated carbocycles. The lowest BCUT2D eigenvalue weighted by molar-refractivity contribution is -0.117. The molecule has 5 nitrogen and oxygen atoms in total. The fourth-order valence-electron chi connectivity index (χ4n) is 1.89. The van der Waals surface area contributed by atoms with Crippen LogP contribution in [-0.4, -0.2) is 40.6 Å². The first kappa shape index (κ1) is 15.9. The standard InChI is InChI=1S/C14H17ClN4OS/c1-10(7-11-3-5-12(15)6-4-11)19(2)8-13(20)17-14-18-16-9-21-14/h3-6,9-10H,7-8H2,1-2H3,(H,17,18,20). The van der Waals surface area contributed by atoms with Gasteiger partial charge in [0, 0.05) is 11.1 Å². The first-order valence-electron chi connectivity index (χ1n) is 6.55. The van der Waals surface area contributed by atoms with Crippen molar-refractivity contribution in [1.82, 2.24) is 15.1 Å². The van der Waals surface area contributed by atoms with E-state index in [4.69, 9.17) is 11.6 Å². The van der Waals surface area contributed by atoms with Gasteiger partial charge in [0.15, 0.2) is 0 Å². The number of hydrogen-bond donors (Lipinski definition) is 1. The second kappa shape index (κ2) is 7.49. The Morgan fingerprint density at radius 2 is 2.14 bits per heavy atom. The van der Waals surface area contributed by atoms with Crippen LogP contribution in [0.15, 0.2) is 29.8 Å². The molecule has 0 spiro atoms. The third-order valence-electron chi connectivity index (χ3n) is 3.20. The van der Waals surface area contributed by atoms with Crippen molar-refractivity contribution in [3.8, 4) is 0 Å². The summed E-state index contributed by atoms with van der Waals surface area (Å²) in [5.74, 6) is -0.0859. The molecule has 0 aliphatic carbocycles. The normalized spacial score (nSPS) is 12.4. The number of carbonyl (C=O) groups is 1. The summed E-state index contributed by atoms with van der Waals surface area (Å²) in [6.07, 6.45) is 0.861. The van der Waals surface area contributed by atoms with Crippen molar-refractivity contribution in [3.05, 3.63) is 40.4 Å². The van der Waals surface area contributed by atoms with Crippen LogP contribution in [0.5, 0.6) is 0 Å². The van der Waals surface area contributed by atoms with Gasteiger partial charge in [0.2, 0.25) is 11.0 Å². The minimum absolute atomic E-state index is 0.0859. The number of carbonyl (C=O) groups excluding carboxylic acids is 1. The van der Waals surface area contributed by atoms with Crippen molar-refractivity contribution in [1.29, 1.82) is 0 Å². The first-order valence-corrected chi connectivity index (χ1v) is 7.81. The van der Waals surface area contributed by atoms with Crippen molar-refractivity contribution in [2.24, 2.45) is 0 Å². The summed E-state index contributed by atoms with van der Waals surface area (Å²) in [5.41, 5.74) is 2.78. The molecule has 1 unspecified atom stereocenters. The van der Waals surface area contributed by atoms with Gasteiger partial charge in [0.05, 0.1) is 6.54 Å². The summed E-state index contributed by atoms with van der Waals surface area (Å²) >= 11 is 7.18. The van der Waals surface area contributed by atoms with E-state index in [2.05, 4.69) is 22.4 Å². The smallest absolute Gasteiger partial charge is 0.240 e. The second-order valence-electron chi connectivity index (χ2n) is 4.89. The van der Waals surface area contributed by atoms with Crippen LogP contribution < -0.4 is 5.32 Å². The van der Waals surface area contributed by atoms with Crippen LogP contribution in [0.4, 0.5) is 5.13 Å². The summed E-state index contributed by atoms with van der Waals surface area (Å²) in [6.45, 7) is 2.40. The molecule has 1 aromatic heterocycles. The van der Waals surface area contributed by atoms with E-state index in [9.17, 15) is 4.79 Å². The molecule has 1 aromatic carbocycles. The van der Waals surface area contributed by atoms with Crippen molar-refractivity contribution < 1.29 is 4.79 Å². The van der Waals surface area contributed by atoms with E-state index in [1.54, 1.807) is 5.51 Å². The molecule has 1 heterocycles. The molecular weight excluding hydrogens is 308 g/mol. The Labute approximate surface area is 133 Å². The minimum Gasteiger partial charge on any atom is -0.299 e. The zero-order chi connectivity index (χ0) is 15.2. The predicted octanol–water partition coefficient (Wildman–Crippen LogP) is 2.69. The lowest BCUT2D eigenvalue weighted by Gasteiger charge is -2.24. The van der Waals surface area contributed by atoms with Crippen LogP contribution >= 0.6 is 22.9 Å².